The number of benzene rings is 2. The number of hydrogen-bond acceptors (Lipinski definition) is 4. The van der Waals surface area contributed by atoms with Crippen LogP contribution in [-0.4, -0.2) is 7.11 Å². The molecule has 0 atom stereocenters. The van der Waals surface area contributed by atoms with E-state index in [2.05, 4.69) is 5.32 Å². The molecule has 4 nitrogen and oxygen atoms in total. The van der Waals surface area contributed by atoms with Crippen molar-refractivity contribution in [2.24, 2.45) is 0 Å². The van der Waals surface area contributed by atoms with Gasteiger partial charge in [-0.15, -0.1) is 0 Å². The van der Waals surface area contributed by atoms with Crippen LogP contribution in [0.15, 0.2) is 36.4 Å². The summed E-state index contributed by atoms with van der Waals surface area (Å²) in [4.78, 5) is 0. The molecule has 0 unspecified atom stereocenters. The Morgan fingerprint density at radius 2 is 2.00 bits per heavy atom. The zero-order chi connectivity index (χ0) is 13.8. The van der Waals surface area contributed by atoms with Crippen molar-refractivity contribution in [3.8, 4) is 11.8 Å². The van der Waals surface area contributed by atoms with Crippen LogP contribution in [0.4, 0.5) is 21.5 Å². The van der Waals surface area contributed by atoms with Crippen molar-refractivity contribution in [3.05, 3.63) is 47.8 Å². The van der Waals surface area contributed by atoms with Gasteiger partial charge in [-0.1, -0.05) is 0 Å². The zero-order valence-corrected chi connectivity index (χ0v) is 10.3. The second-order valence-corrected chi connectivity index (χ2v) is 3.88. The SMILES string of the molecule is COc1ccc(F)cc1Nc1ccc(C#N)cc1N. The third-order valence-electron chi connectivity index (χ3n) is 2.61. The Hall–Kier alpha value is -2.74. The zero-order valence-electron chi connectivity index (χ0n) is 10.3. The van der Waals surface area contributed by atoms with Crippen molar-refractivity contribution < 1.29 is 9.13 Å². The van der Waals surface area contributed by atoms with Crippen molar-refractivity contribution in [1.82, 2.24) is 0 Å². The third-order valence-corrected chi connectivity index (χ3v) is 2.61. The maximum atomic E-state index is 13.2. The largest absolute Gasteiger partial charge is 0.495 e. The first-order valence-corrected chi connectivity index (χ1v) is 5.54. The van der Waals surface area contributed by atoms with Crippen LogP contribution in [0.5, 0.6) is 5.75 Å². The van der Waals surface area contributed by atoms with Crippen LogP contribution >= 0.6 is 0 Å². The molecule has 0 saturated heterocycles. The predicted molar refractivity (Wildman–Crippen MR) is 71.8 cm³/mol. The quantitative estimate of drug-likeness (QED) is 0.829. The van der Waals surface area contributed by atoms with Gasteiger partial charge < -0.3 is 15.8 Å². The second kappa shape index (κ2) is 5.27. The Bertz CT molecular complexity index is 650. The summed E-state index contributed by atoms with van der Waals surface area (Å²) < 4.78 is 18.4. The molecule has 96 valence electrons. The maximum absolute atomic E-state index is 13.2. The summed E-state index contributed by atoms with van der Waals surface area (Å²) in [7, 11) is 1.50. The highest BCUT2D eigenvalue weighted by Crippen LogP contribution is 2.31. The minimum absolute atomic E-state index is 0.379. The molecule has 2 aromatic carbocycles. The number of methoxy groups -OCH3 is 1. The third kappa shape index (κ3) is 2.75. The Labute approximate surface area is 110 Å². The van der Waals surface area contributed by atoms with Gasteiger partial charge in [0.1, 0.15) is 11.6 Å². The molecule has 0 saturated carbocycles. The fourth-order valence-electron chi connectivity index (χ4n) is 1.67. The number of nitrogens with one attached hydrogen (secondary N) is 1. The molecule has 0 aliphatic carbocycles. The molecule has 5 heteroatoms. The van der Waals surface area contributed by atoms with E-state index in [0.29, 0.717) is 28.4 Å². The topological polar surface area (TPSA) is 71.1 Å². The molecular formula is C14H12FN3O. The number of anilines is 3. The van der Waals surface area contributed by atoms with E-state index in [1.807, 2.05) is 6.07 Å². The van der Waals surface area contributed by atoms with Crippen LogP contribution in [0, 0.1) is 17.1 Å². The van der Waals surface area contributed by atoms with Crippen molar-refractivity contribution in [2.45, 2.75) is 0 Å². The highest BCUT2D eigenvalue weighted by atomic mass is 19.1. The number of rotatable bonds is 3. The molecule has 19 heavy (non-hydrogen) atoms. The van der Waals surface area contributed by atoms with Crippen LogP contribution in [0.2, 0.25) is 0 Å². The lowest BCUT2D eigenvalue weighted by molar-refractivity contribution is 0.416. The van der Waals surface area contributed by atoms with Gasteiger partial charge in [-0.25, -0.2) is 4.39 Å². The van der Waals surface area contributed by atoms with Crippen LogP contribution in [-0.2, 0) is 0 Å². The number of nitriles is 1. The van der Waals surface area contributed by atoms with Gasteiger partial charge in [-0.05, 0) is 30.3 Å². The summed E-state index contributed by atoms with van der Waals surface area (Å²) in [5.74, 6) is 0.126. The lowest BCUT2D eigenvalue weighted by Crippen LogP contribution is -1.99. The highest BCUT2D eigenvalue weighted by Gasteiger charge is 2.07. The van der Waals surface area contributed by atoms with Crippen LogP contribution in [0.3, 0.4) is 0 Å². The Morgan fingerprint density at radius 1 is 1.21 bits per heavy atom. The molecule has 0 aliphatic rings. The molecule has 2 rings (SSSR count). The molecular weight excluding hydrogens is 245 g/mol. The van der Waals surface area contributed by atoms with Crippen LogP contribution < -0.4 is 15.8 Å². The maximum Gasteiger partial charge on any atom is 0.142 e. The number of nitrogen functional groups attached to an aromatic ring is 1. The van der Waals surface area contributed by atoms with Crippen molar-refractivity contribution in [3.63, 3.8) is 0 Å². The minimum atomic E-state index is -0.379. The molecule has 0 fully saturated rings. The fraction of sp³-hybridized carbons (Fsp3) is 0.0714. The van der Waals surface area contributed by atoms with E-state index in [1.165, 1.54) is 25.3 Å². The number of ether oxygens (including phenoxy) is 1. The van der Waals surface area contributed by atoms with Gasteiger partial charge in [0.2, 0.25) is 0 Å². The fourth-order valence-corrected chi connectivity index (χ4v) is 1.67. The van der Waals surface area contributed by atoms with E-state index in [0.717, 1.165) is 0 Å². The molecule has 0 heterocycles. The molecule has 0 amide bonds. The summed E-state index contributed by atoms with van der Waals surface area (Å²) >= 11 is 0. The molecule has 2 aromatic rings. The summed E-state index contributed by atoms with van der Waals surface area (Å²) in [6.07, 6.45) is 0. The van der Waals surface area contributed by atoms with Crippen LogP contribution in [0.25, 0.3) is 0 Å². The Kier molecular flexibility index (Phi) is 3.53. The number of hydrogen-bond donors (Lipinski definition) is 2. The lowest BCUT2D eigenvalue weighted by Gasteiger charge is -2.13. The number of nitrogens with two attached hydrogens (primary N) is 1. The Morgan fingerprint density at radius 3 is 2.63 bits per heavy atom. The van der Waals surface area contributed by atoms with Gasteiger partial charge in [0, 0.05) is 6.07 Å². The minimum Gasteiger partial charge on any atom is -0.495 e. The molecule has 3 N–H and O–H groups in total. The van der Waals surface area contributed by atoms with Crippen LogP contribution in [0.1, 0.15) is 5.56 Å². The Balaban J connectivity index is 2.36. The normalized spacial score (nSPS) is 9.74. The number of halogens is 1. The van der Waals surface area contributed by atoms with E-state index >= 15 is 0 Å². The lowest BCUT2D eigenvalue weighted by atomic mass is 10.2. The van der Waals surface area contributed by atoms with Gasteiger partial charge in [0.15, 0.2) is 0 Å². The highest BCUT2D eigenvalue weighted by molar-refractivity contribution is 5.76. The van der Waals surface area contributed by atoms with Gasteiger partial charge in [-0.2, -0.15) is 5.26 Å². The van der Waals surface area contributed by atoms with E-state index in [9.17, 15) is 4.39 Å². The summed E-state index contributed by atoms with van der Waals surface area (Å²) in [5.41, 5.74) is 7.76. The van der Waals surface area contributed by atoms with Gasteiger partial charge in [0.05, 0.1) is 35.8 Å². The van der Waals surface area contributed by atoms with Gasteiger partial charge in [0.25, 0.3) is 0 Å². The number of nitrogens with zero attached hydrogens (tertiary/aromatic N) is 1. The second-order valence-electron chi connectivity index (χ2n) is 3.88. The summed E-state index contributed by atoms with van der Waals surface area (Å²) in [6, 6.07) is 11.0. The van der Waals surface area contributed by atoms with E-state index in [4.69, 9.17) is 15.7 Å². The molecule has 0 bridgehead atoms. The molecule has 0 aromatic heterocycles. The first kappa shape index (κ1) is 12.7. The smallest absolute Gasteiger partial charge is 0.142 e. The first-order chi connectivity index (χ1) is 9.13. The van der Waals surface area contributed by atoms with Gasteiger partial charge >= 0.3 is 0 Å². The molecule has 0 aliphatic heterocycles. The molecule has 0 spiro atoms. The van der Waals surface area contributed by atoms with Gasteiger partial charge in [-0.3, -0.25) is 0 Å². The standard InChI is InChI=1S/C14H12FN3O/c1-19-14-5-3-10(15)7-13(14)18-12-4-2-9(8-16)6-11(12)17/h2-7,18H,17H2,1H3. The van der Waals surface area contributed by atoms with Crippen molar-refractivity contribution in [2.75, 3.05) is 18.2 Å². The van der Waals surface area contributed by atoms with E-state index in [-0.39, 0.29) is 5.82 Å². The van der Waals surface area contributed by atoms with Crippen molar-refractivity contribution >= 4 is 17.1 Å². The molecule has 0 radical (unpaired) electrons. The summed E-state index contributed by atoms with van der Waals surface area (Å²) in [6.45, 7) is 0. The summed E-state index contributed by atoms with van der Waals surface area (Å²) in [5, 5.41) is 11.8. The van der Waals surface area contributed by atoms with Crippen molar-refractivity contribution in [1.29, 1.82) is 5.26 Å². The first-order valence-electron chi connectivity index (χ1n) is 5.54. The van der Waals surface area contributed by atoms with E-state index in [1.54, 1.807) is 18.2 Å². The van der Waals surface area contributed by atoms with E-state index < -0.39 is 0 Å². The average Bonchev–Trinajstić information content (AvgIpc) is 2.41. The average molecular weight is 257 g/mol. The monoisotopic (exact) mass is 257 g/mol. The predicted octanol–water partition coefficient (Wildman–Crippen LogP) is 3.03.